The molecule has 0 aromatic heterocycles. The molecule has 1 heteroatoms. The summed E-state index contributed by atoms with van der Waals surface area (Å²) in [5.41, 5.74) is 4.82. The Morgan fingerprint density at radius 1 is 1.25 bits per heavy atom. The lowest BCUT2D eigenvalue weighted by Gasteiger charge is -2.05. The summed E-state index contributed by atoms with van der Waals surface area (Å²) in [7, 11) is 0. The molecule has 0 amide bonds. The van der Waals surface area contributed by atoms with Gasteiger partial charge in [0.05, 0.1) is 0 Å². The van der Waals surface area contributed by atoms with Crippen molar-refractivity contribution in [2.45, 2.75) is 46.5 Å². The number of allylic oxidation sites excluding steroid dienone is 5. The van der Waals surface area contributed by atoms with Gasteiger partial charge in [0.15, 0.2) is 0 Å². The topological polar surface area (TPSA) is 0 Å². The molecule has 108 valence electrons. The summed E-state index contributed by atoms with van der Waals surface area (Å²) in [6, 6.07) is 6.10. The van der Waals surface area contributed by atoms with Crippen LogP contribution in [0.1, 0.15) is 50.7 Å². The van der Waals surface area contributed by atoms with Crippen LogP contribution in [-0.4, -0.2) is 0 Å². The van der Waals surface area contributed by atoms with Crippen LogP contribution >= 0.6 is 11.6 Å². The van der Waals surface area contributed by atoms with Crippen molar-refractivity contribution >= 4 is 17.2 Å². The Labute approximate surface area is 128 Å². The second-order valence-electron chi connectivity index (χ2n) is 5.26. The third kappa shape index (κ3) is 5.38. The summed E-state index contributed by atoms with van der Waals surface area (Å²) in [6.07, 6.45) is 11.3. The molecule has 0 bridgehead atoms. The van der Waals surface area contributed by atoms with E-state index in [1.165, 1.54) is 36.8 Å². The van der Waals surface area contributed by atoms with Crippen LogP contribution < -0.4 is 0 Å². The van der Waals surface area contributed by atoms with Gasteiger partial charge < -0.3 is 0 Å². The smallest absolute Gasteiger partial charge is 0.0435 e. The highest BCUT2D eigenvalue weighted by Gasteiger charge is 2.00. The van der Waals surface area contributed by atoms with Gasteiger partial charge in [-0.15, -0.1) is 0 Å². The molecule has 0 radical (unpaired) electrons. The highest BCUT2D eigenvalue weighted by Crippen LogP contribution is 2.22. The van der Waals surface area contributed by atoms with Gasteiger partial charge in [0.25, 0.3) is 0 Å². The second kappa shape index (κ2) is 8.81. The quantitative estimate of drug-likeness (QED) is 0.385. The highest BCUT2D eigenvalue weighted by atomic mass is 35.5. The van der Waals surface area contributed by atoms with E-state index in [0.29, 0.717) is 0 Å². The van der Waals surface area contributed by atoms with Crippen LogP contribution in [0.5, 0.6) is 0 Å². The van der Waals surface area contributed by atoms with Crippen molar-refractivity contribution in [3.63, 3.8) is 0 Å². The molecule has 1 aromatic carbocycles. The zero-order valence-corrected chi connectivity index (χ0v) is 13.6. The van der Waals surface area contributed by atoms with Gasteiger partial charge in [0.1, 0.15) is 0 Å². The van der Waals surface area contributed by atoms with Gasteiger partial charge in [0, 0.05) is 5.02 Å². The van der Waals surface area contributed by atoms with E-state index in [4.69, 9.17) is 11.6 Å². The fourth-order valence-electron chi connectivity index (χ4n) is 2.08. The van der Waals surface area contributed by atoms with Crippen molar-refractivity contribution in [2.75, 3.05) is 0 Å². The van der Waals surface area contributed by atoms with Crippen LogP contribution in [-0.2, 0) is 0 Å². The molecule has 0 aliphatic rings. The van der Waals surface area contributed by atoms with E-state index in [-0.39, 0.29) is 0 Å². The average Bonchev–Trinajstić information content (AvgIpc) is 2.43. The molecule has 0 heterocycles. The maximum absolute atomic E-state index is 6.07. The zero-order chi connectivity index (χ0) is 15.0. The maximum atomic E-state index is 6.07. The summed E-state index contributed by atoms with van der Waals surface area (Å²) < 4.78 is 0. The largest absolute Gasteiger partial charge is 0.0984 e. The first-order valence-electron chi connectivity index (χ1n) is 7.35. The van der Waals surface area contributed by atoms with Gasteiger partial charge in [-0.25, -0.2) is 0 Å². The van der Waals surface area contributed by atoms with Crippen LogP contribution in [0.15, 0.2) is 48.6 Å². The number of hydrogen-bond acceptors (Lipinski definition) is 0. The molecule has 0 aliphatic heterocycles. The molecule has 0 N–H and O–H groups in total. The fraction of sp³-hybridized carbons (Fsp3) is 0.368. The average molecular weight is 289 g/mol. The second-order valence-corrected chi connectivity index (χ2v) is 5.67. The Morgan fingerprint density at radius 3 is 2.60 bits per heavy atom. The Balaban J connectivity index is 2.83. The third-order valence-corrected chi connectivity index (χ3v) is 3.86. The van der Waals surface area contributed by atoms with Gasteiger partial charge in [0.2, 0.25) is 0 Å². The lowest BCUT2D eigenvalue weighted by atomic mass is 10.0. The molecule has 0 saturated heterocycles. The molecule has 1 aromatic rings. The van der Waals surface area contributed by atoms with E-state index >= 15 is 0 Å². The minimum absolute atomic E-state index is 0.809. The van der Waals surface area contributed by atoms with E-state index in [1.807, 2.05) is 25.1 Å². The highest BCUT2D eigenvalue weighted by molar-refractivity contribution is 6.31. The summed E-state index contributed by atoms with van der Waals surface area (Å²) in [6.45, 7) is 10.4. The Bertz CT molecular complexity index is 506. The fourth-order valence-corrected chi connectivity index (χ4v) is 2.19. The van der Waals surface area contributed by atoms with Crippen molar-refractivity contribution in [2.24, 2.45) is 0 Å². The Kier molecular flexibility index (Phi) is 7.40. The molecular weight excluding hydrogens is 264 g/mol. The summed E-state index contributed by atoms with van der Waals surface area (Å²) in [5.74, 6) is 0. The van der Waals surface area contributed by atoms with E-state index in [2.05, 4.69) is 38.6 Å². The van der Waals surface area contributed by atoms with Crippen molar-refractivity contribution < 1.29 is 0 Å². The molecule has 0 aliphatic carbocycles. The van der Waals surface area contributed by atoms with Gasteiger partial charge in [-0.1, -0.05) is 67.8 Å². The third-order valence-electron chi connectivity index (χ3n) is 3.43. The monoisotopic (exact) mass is 288 g/mol. The Morgan fingerprint density at radius 2 is 2.00 bits per heavy atom. The molecular formula is C19H25Cl. The minimum Gasteiger partial charge on any atom is -0.0984 e. The standard InChI is InChI=1S/C19H25Cl/c1-5-7-8-9-15(3)10-11-17(6-2)18-12-13-19(20)16(4)14-18/h6,10-14H,2,5,7-9H2,1,3-4H3/b15-10+,17-11+. The van der Waals surface area contributed by atoms with Gasteiger partial charge >= 0.3 is 0 Å². The summed E-state index contributed by atoms with van der Waals surface area (Å²) in [4.78, 5) is 0. The van der Waals surface area contributed by atoms with Crippen LogP contribution in [0, 0.1) is 6.92 Å². The molecule has 0 fully saturated rings. The molecule has 0 nitrogen and oxygen atoms in total. The van der Waals surface area contributed by atoms with Crippen molar-refractivity contribution in [3.8, 4) is 0 Å². The van der Waals surface area contributed by atoms with Crippen molar-refractivity contribution in [1.29, 1.82) is 0 Å². The van der Waals surface area contributed by atoms with Crippen molar-refractivity contribution in [3.05, 3.63) is 64.7 Å². The van der Waals surface area contributed by atoms with Gasteiger partial charge in [-0.2, -0.15) is 0 Å². The number of aryl methyl sites for hydroxylation is 1. The van der Waals surface area contributed by atoms with E-state index in [0.717, 1.165) is 16.2 Å². The Hall–Kier alpha value is -1.27. The number of hydrogen-bond donors (Lipinski definition) is 0. The first-order chi connectivity index (χ1) is 9.58. The maximum Gasteiger partial charge on any atom is 0.0435 e. The number of benzene rings is 1. The molecule has 0 saturated carbocycles. The number of halogens is 1. The zero-order valence-electron chi connectivity index (χ0n) is 12.9. The molecule has 20 heavy (non-hydrogen) atoms. The lowest BCUT2D eigenvalue weighted by Crippen LogP contribution is -1.84. The predicted molar refractivity (Wildman–Crippen MR) is 92.3 cm³/mol. The molecule has 0 spiro atoms. The minimum atomic E-state index is 0.809. The van der Waals surface area contributed by atoms with Crippen molar-refractivity contribution in [1.82, 2.24) is 0 Å². The van der Waals surface area contributed by atoms with Gasteiger partial charge in [-0.05, 0) is 55.5 Å². The first-order valence-corrected chi connectivity index (χ1v) is 7.72. The first kappa shape index (κ1) is 16.8. The van der Waals surface area contributed by atoms with Crippen LogP contribution in [0.4, 0.5) is 0 Å². The molecule has 1 rings (SSSR count). The predicted octanol–water partition coefficient (Wildman–Crippen LogP) is 6.74. The van der Waals surface area contributed by atoms with Crippen LogP contribution in [0.2, 0.25) is 5.02 Å². The van der Waals surface area contributed by atoms with E-state index in [1.54, 1.807) is 0 Å². The normalized spacial score (nSPS) is 12.6. The van der Waals surface area contributed by atoms with Gasteiger partial charge in [-0.3, -0.25) is 0 Å². The van der Waals surface area contributed by atoms with Crippen LogP contribution in [0.25, 0.3) is 5.57 Å². The SMILES string of the molecule is C=C/C(=C\C=C(/C)CCCCC)c1ccc(Cl)c(C)c1. The number of rotatable bonds is 7. The van der Waals surface area contributed by atoms with Crippen LogP contribution in [0.3, 0.4) is 0 Å². The summed E-state index contributed by atoms with van der Waals surface area (Å²) in [5, 5.41) is 0.809. The number of unbranched alkanes of at least 4 members (excludes halogenated alkanes) is 2. The van der Waals surface area contributed by atoms with E-state index < -0.39 is 0 Å². The molecule has 0 unspecified atom stereocenters. The summed E-state index contributed by atoms with van der Waals surface area (Å²) >= 11 is 6.07. The lowest BCUT2D eigenvalue weighted by molar-refractivity contribution is 0.713. The molecule has 0 atom stereocenters. The van der Waals surface area contributed by atoms with E-state index in [9.17, 15) is 0 Å².